The summed E-state index contributed by atoms with van der Waals surface area (Å²) in [7, 11) is 3.64. The Morgan fingerprint density at radius 2 is 1.72 bits per heavy atom. The van der Waals surface area contributed by atoms with Crippen LogP contribution in [-0.4, -0.2) is 55.0 Å². The molecule has 0 aromatic rings. The minimum Gasteiger partial charge on any atom is -0.348 e. The summed E-state index contributed by atoms with van der Waals surface area (Å²) in [6.45, 7) is 4.20. The van der Waals surface area contributed by atoms with E-state index in [0.717, 1.165) is 19.4 Å². The van der Waals surface area contributed by atoms with Gasteiger partial charge in [-0.15, -0.1) is 0 Å². The molecule has 2 N–H and O–H groups in total. The fourth-order valence-corrected chi connectivity index (χ4v) is 2.96. The third-order valence-corrected chi connectivity index (χ3v) is 4.29. The van der Waals surface area contributed by atoms with Crippen molar-refractivity contribution >= 4 is 5.91 Å². The van der Waals surface area contributed by atoms with E-state index in [9.17, 15) is 4.79 Å². The number of hydrogen-bond donors (Lipinski definition) is 1. The molecule has 1 rings (SSSR count). The zero-order chi connectivity index (χ0) is 13.6. The molecule has 1 fully saturated rings. The highest BCUT2D eigenvalue weighted by atomic mass is 16.2. The van der Waals surface area contributed by atoms with Crippen LogP contribution in [0.3, 0.4) is 0 Å². The zero-order valence-electron chi connectivity index (χ0n) is 12.2. The van der Waals surface area contributed by atoms with Gasteiger partial charge >= 0.3 is 0 Å². The minimum atomic E-state index is 0.0525. The summed E-state index contributed by atoms with van der Waals surface area (Å²) in [5.74, 6) is 0.175. The maximum Gasteiger partial charge on any atom is 0.236 e. The highest BCUT2D eigenvalue weighted by Crippen LogP contribution is 2.31. The van der Waals surface area contributed by atoms with Gasteiger partial charge in [-0.25, -0.2) is 0 Å². The molecule has 0 heterocycles. The molecule has 0 unspecified atom stereocenters. The Kier molecular flexibility index (Phi) is 6.09. The second-order valence-electron chi connectivity index (χ2n) is 5.65. The van der Waals surface area contributed by atoms with E-state index < -0.39 is 0 Å². The van der Waals surface area contributed by atoms with Gasteiger partial charge in [0.05, 0.1) is 6.54 Å². The number of carbonyl (C=O) groups is 1. The fourth-order valence-electron chi connectivity index (χ4n) is 2.96. The highest BCUT2D eigenvalue weighted by Gasteiger charge is 2.35. The molecule has 1 amide bonds. The van der Waals surface area contributed by atoms with Crippen molar-refractivity contribution in [3.63, 3.8) is 0 Å². The Labute approximate surface area is 111 Å². The van der Waals surface area contributed by atoms with Crippen molar-refractivity contribution in [2.45, 2.75) is 51.0 Å². The molecule has 4 heteroatoms. The molecular weight excluding hydrogens is 226 g/mol. The van der Waals surface area contributed by atoms with Gasteiger partial charge < -0.3 is 10.6 Å². The molecular formula is C14H29N3O. The van der Waals surface area contributed by atoms with Gasteiger partial charge in [0, 0.05) is 26.2 Å². The molecule has 0 aromatic carbocycles. The van der Waals surface area contributed by atoms with E-state index >= 15 is 0 Å². The normalized spacial score (nSPS) is 19.6. The predicted octanol–water partition coefficient (Wildman–Crippen LogP) is 1.45. The van der Waals surface area contributed by atoms with Crippen LogP contribution in [0.25, 0.3) is 0 Å². The number of nitrogens with two attached hydrogens (primary N) is 1. The van der Waals surface area contributed by atoms with Crippen molar-refractivity contribution in [1.82, 2.24) is 9.80 Å². The first-order chi connectivity index (χ1) is 8.55. The number of likely N-dealkylation sites (N-methyl/N-ethyl adjacent to an activating group) is 2. The van der Waals surface area contributed by atoms with Crippen LogP contribution in [-0.2, 0) is 4.79 Å². The molecule has 106 valence electrons. The molecule has 0 aliphatic heterocycles. The number of rotatable bonds is 5. The van der Waals surface area contributed by atoms with Gasteiger partial charge in [0.2, 0.25) is 5.91 Å². The van der Waals surface area contributed by atoms with Crippen molar-refractivity contribution in [2.75, 3.05) is 33.7 Å². The number of amides is 1. The van der Waals surface area contributed by atoms with Gasteiger partial charge in [-0.3, -0.25) is 9.69 Å². The first kappa shape index (κ1) is 15.4. The Balaban J connectivity index is 2.77. The van der Waals surface area contributed by atoms with Crippen molar-refractivity contribution in [3.8, 4) is 0 Å². The van der Waals surface area contributed by atoms with Gasteiger partial charge in [0.1, 0.15) is 0 Å². The van der Waals surface area contributed by atoms with Crippen LogP contribution in [0.4, 0.5) is 0 Å². The second kappa shape index (κ2) is 7.10. The first-order valence-electron chi connectivity index (χ1n) is 7.21. The van der Waals surface area contributed by atoms with Gasteiger partial charge in [-0.2, -0.15) is 0 Å². The number of hydrogen-bond acceptors (Lipinski definition) is 3. The summed E-state index contributed by atoms with van der Waals surface area (Å²) < 4.78 is 0. The number of carbonyl (C=O) groups excluding carboxylic acids is 1. The Morgan fingerprint density at radius 3 is 2.11 bits per heavy atom. The SMILES string of the molecule is CCN(CC(=O)N(C)C)C1(CN)CCCCCC1. The van der Waals surface area contributed by atoms with E-state index in [2.05, 4.69) is 11.8 Å². The van der Waals surface area contributed by atoms with Crippen LogP contribution < -0.4 is 5.73 Å². The molecule has 0 bridgehead atoms. The minimum absolute atomic E-state index is 0.0525. The lowest BCUT2D eigenvalue weighted by atomic mass is 9.88. The summed E-state index contributed by atoms with van der Waals surface area (Å²) in [5, 5.41) is 0. The molecule has 0 radical (unpaired) electrons. The van der Waals surface area contributed by atoms with Crippen LogP contribution in [0.15, 0.2) is 0 Å². The van der Waals surface area contributed by atoms with Crippen molar-refractivity contribution in [3.05, 3.63) is 0 Å². The van der Waals surface area contributed by atoms with E-state index in [0.29, 0.717) is 13.1 Å². The van der Waals surface area contributed by atoms with Gasteiger partial charge in [-0.05, 0) is 19.4 Å². The lowest BCUT2D eigenvalue weighted by Crippen LogP contribution is -2.56. The van der Waals surface area contributed by atoms with Crippen molar-refractivity contribution in [2.24, 2.45) is 5.73 Å². The quantitative estimate of drug-likeness (QED) is 0.756. The maximum absolute atomic E-state index is 11.9. The molecule has 1 saturated carbocycles. The molecule has 4 nitrogen and oxygen atoms in total. The topological polar surface area (TPSA) is 49.6 Å². The highest BCUT2D eigenvalue weighted by molar-refractivity contribution is 5.77. The summed E-state index contributed by atoms with van der Waals surface area (Å²) in [6.07, 6.45) is 7.37. The van der Waals surface area contributed by atoms with Crippen LogP contribution in [0.2, 0.25) is 0 Å². The first-order valence-corrected chi connectivity index (χ1v) is 7.21. The van der Waals surface area contributed by atoms with Crippen LogP contribution in [0, 0.1) is 0 Å². The second-order valence-corrected chi connectivity index (χ2v) is 5.65. The zero-order valence-corrected chi connectivity index (χ0v) is 12.2. The van der Waals surface area contributed by atoms with Gasteiger partial charge in [-0.1, -0.05) is 32.6 Å². The van der Waals surface area contributed by atoms with E-state index in [1.165, 1.54) is 25.7 Å². The Bertz CT molecular complexity index is 258. The standard InChI is InChI=1S/C14H29N3O/c1-4-17(11-13(18)16(2)3)14(12-15)9-7-5-6-8-10-14/h4-12,15H2,1-3H3. The Morgan fingerprint density at radius 1 is 1.17 bits per heavy atom. The molecule has 1 aliphatic rings. The monoisotopic (exact) mass is 255 g/mol. The summed E-state index contributed by atoms with van der Waals surface area (Å²) in [4.78, 5) is 15.9. The molecule has 0 aromatic heterocycles. The average molecular weight is 255 g/mol. The molecule has 18 heavy (non-hydrogen) atoms. The summed E-state index contributed by atoms with van der Waals surface area (Å²) >= 11 is 0. The molecule has 0 saturated heterocycles. The lowest BCUT2D eigenvalue weighted by molar-refractivity contribution is -0.131. The average Bonchev–Trinajstić information content (AvgIpc) is 2.61. The molecule has 0 atom stereocenters. The largest absolute Gasteiger partial charge is 0.348 e. The van der Waals surface area contributed by atoms with Crippen molar-refractivity contribution < 1.29 is 4.79 Å². The third kappa shape index (κ3) is 3.69. The van der Waals surface area contributed by atoms with Crippen LogP contribution in [0.5, 0.6) is 0 Å². The van der Waals surface area contributed by atoms with E-state index in [1.807, 2.05) is 14.1 Å². The number of nitrogens with zero attached hydrogens (tertiary/aromatic N) is 2. The van der Waals surface area contributed by atoms with Crippen LogP contribution >= 0.6 is 0 Å². The summed E-state index contributed by atoms with van der Waals surface area (Å²) in [5.41, 5.74) is 6.12. The summed E-state index contributed by atoms with van der Waals surface area (Å²) in [6, 6.07) is 0. The van der Waals surface area contributed by atoms with Gasteiger partial charge in [0.25, 0.3) is 0 Å². The van der Waals surface area contributed by atoms with E-state index in [-0.39, 0.29) is 11.4 Å². The maximum atomic E-state index is 11.9. The Hall–Kier alpha value is -0.610. The third-order valence-electron chi connectivity index (χ3n) is 4.29. The predicted molar refractivity (Wildman–Crippen MR) is 75.4 cm³/mol. The smallest absolute Gasteiger partial charge is 0.236 e. The van der Waals surface area contributed by atoms with Gasteiger partial charge in [0.15, 0.2) is 0 Å². The molecule has 1 aliphatic carbocycles. The molecule has 0 spiro atoms. The van der Waals surface area contributed by atoms with Crippen LogP contribution in [0.1, 0.15) is 45.4 Å². The van der Waals surface area contributed by atoms with E-state index in [4.69, 9.17) is 5.73 Å². The van der Waals surface area contributed by atoms with E-state index in [1.54, 1.807) is 4.90 Å². The fraction of sp³-hybridized carbons (Fsp3) is 0.929. The van der Waals surface area contributed by atoms with Crippen molar-refractivity contribution in [1.29, 1.82) is 0 Å². The lowest BCUT2D eigenvalue weighted by Gasteiger charge is -2.42.